The van der Waals surface area contributed by atoms with Gasteiger partial charge in [0.25, 0.3) is 0 Å². The van der Waals surface area contributed by atoms with Gasteiger partial charge in [-0.05, 0) is 40.8 Å². The van der Waals surface area contributed by atoms with Gasteiger partial charge in [-0.25, -0.2) is 0 Å². The number of rotatable bonds is 2. The van der Waals surface area contributed by atoms with E-state index in [2.05, 4.69) is 61.4 Å². The highest BCUT2D eigenvalue weighted by atomic mass is 16.7. The van der Waals surface area contributed by atoms with Gasteiger partial charge in [0.2, 0.25) is 0 Å². The van der Waals surface area contributed by atoms with E-state index in [1.165, 1.54) is 0 Å². The van der Waals surface area contributed by atoms with Crippen molar-refractivity contribution in [3.8, 4) is 11.8 Å². The molecule has 134 valence electrons. The molecule has 0 amide bonds. The average Bonchev–Trinajstić information content (AvgIpc) is 2.78. The fraction of sp³-hybridized carbons (Fsp3) is 0.632. The summed E-state index contributed by atoms with van der Waals surface area (Å²) < 4.78 is 12.2. The first-order chi connectivity index (χ1) is 11.8. The quantitative estimate of drug-likeness (QED) is 0.592. The molecule has 5 nitrogen and oxygen atoms in total. The second-order valence-electron chi connectivity index (χ2n) is 7.98. The summed E-state index contributed by atoms with van der Waals surface area (Å²) in [4.78, 5) is 9.05. The Labute approximate surface area is 151 Å². The van der Waals surface area contributed by atoms with Crippen molar-refractivity contribution in [3.63, 3.8) is 0 Å². The van der Waals surface area contributed by atoms with E-state index in [4.69, 9.17) is 9.31 Å². The van der Waals surface area contributed by atoms with Crippen LogP contribution in [0.25, 0.3) is 0 Å². The molecule has 3 rings (SSSR count). The summed E-state index contributed by atoms with van der Waals surface area (Å²) in [6, 6.07) is 2.02. The smallest absolute Gasteiger partial charge is 0.399 e. The third kappa shape index (κ3) is 4.24. The van der Waals surface area contributed by atoms with E-state index in [1.807, 2.05) is 6.07 Å². The Morgan fingerprint density at radius 2 is 1.72 bits per heavy atom. The lowest BCUT2D eigenvalue weighted by molar-refractivity contribution is 0.00578. The Hall–Kier alpha value is -1.39. The molecule has 25 heavy (non-hydrogen) atoms. The lowest BCUT2D eigenvalue weighted by atomic mass is 9.80. The van der Waals surface area contributed by atoms with E-state index in [0.29, 0.717) is 0 Å². The van der Waals surface area contributed by atoms with Gasteiger partial charge in [-0.1, -0.05) is 11.8 Å². The number of nitrogens with zero attached hydrogens (tertiary/aromatic N) is 3. The maximum absolute atomic E-state index is 6.09. The standard InChI is InChI=1S/C19H28BN3O2/c1-18(2)19(3,4)25-20(24-18)17-13-16(14-21-15-17)7-6-8-23-11-9-22(5)10-12-23/h13-15H,8-12H2,1-5H3. The molecule has 2 aliphatic heterocycles. The Kier molecular flexibility index (Phi) is 5.22. The molecule has 0 atom stereocenters. The Bertz CT molecular complexity index is 657. The van der Waals surface area contributed by atoms with Gasteiger partial charge in [-0.3, -0.25) is 9.88 Å². The molecule has 2 saturated heterocycles. The molecule has 2 aliphatic rings. The summed E-state index contributed by atoms with van der Waals surface area (Å²) in [5, 5.41) is 0. The zero-order chi connectivity index (χ0) is 18.1. The molecule has 0 aliphatic carbocycles. The van der Waals surface area contributed by atoms with Gasteiger partial charge < -0.3 is 14.2 Å². The highest BCUT2D eigenvalue weighted by Crippen LogP contribution is 2.36. The summed E-state index contributed by atoms with van der Waals surface area (Å²) in [7, 11) is 1.77. The van der Waals surface area contributed by atoms with Crippen LogP contribution in [0.2, 0.25) is 0 Å². The predicted molar refractivity (Wildman–Crippen MR) is 101 cm³/mol. The molecule has 2 fully saturated rings. The van der Waals surface area contributed by atoms with Crippen LogP contribution in [-0.4, -0.2) is 72.9 Å². The highest BCUT2D eigenvalue weighted by Gasteiger charge is 2.51. The first-order valence-electron chi connectivity index (χ1n) is 8.97. The zero-order valence-corrected chi connectivity index (χ0v) is 16.0. The van der Waals surface area contributed by atoms with Crippen molar-refractivity contribution in [2.45, 2.75) is 38.9 Å². The maximum atomic E-state index is 6.09. The topological polar surface area (TPSA) is 37.8 Å². The SMILES string of the molecule is CN1CCN(CC#Cc2cncc(B3OC(C)(C)C(C)(C)O3)c2)CC1. The van der Waals surface area contributed by atoms with E-state index >= 15 is 0 Å². The van der Waals surface area contributed by atoms with E-state index in [-0.39, 0.29) is 11.2 Å². The number of hydrogen-bond donors (Lipinski definition) is 0. The second-order valence-corrected chi connectivity index (χ2v) is 7.98. The molecule has 0 bridgehead atoms. The van der Waals surface area contributed by atoms with E-state index in [0.717, 1.165) is 43.8 Å². The van der Waals surface area contributed by atoms with E-state index in [1.54, 1.807) is 12.4 Å². The molecule has 1 aromatic rings. The van der Waals surface area contributed by atoms with Crippen molar-refractivity contribution in [3.05, 3.63) is 24.0 Å². The summed E-state index contributed by atoms with van der Waals surface area (Å²) in [6.45, 7) is 13.4. The molecule has 1 aromatic heterocycles. The zero-order valence-electron chi connectivity index (χ0n) is 16.0. The molecule has 0 N–H and O–H groups in total. The van der Waals surface area contributed by atoms with Crippen molar-refractivity contribution in [2.75, 3.05) is 39.8 Å². The molecule has 0 saturated carbocycles. The van der Waals surface area contributed by atoms with Crippen LogP contribution in [0.3, 0.4) is 0 Å². The minimum Gasteiger partial charge on any atom is -0.399 e. The summed E-state index contributed by atoms with van der Waals surface area (Å²) in [5.41, 5.74) is 1.13. The summed E-state index contributed by atoms with van der Waals surface area (Å²) >= 11 is 0. The first kappa shape index (κ1) is 18.4. The fourth-order valence-corrected chi connectivity index (χ4v) is 2.89. The van der Waals surface area contributed by atoms with Crippen LogP contribution in [-0.2, 0) is 9.31 Å². The molecule has 0 unspecified atom stereocenters. The van der Waals surface area contributed by atoms with Crippen LogP contribution >= 0.6 is 0 Å². The van der Waals surface area contributed by atoms with Crippen LogP contribution in [0, 0.1) is 11.8 Å². The van der Waals surface area contributed by atoms with Gasteiger partial charge in [-0.2, -0.15) is 0 Å². The van der Waals surface area contributed by atoms with Gasteiger partial charge in [0.05, 0.1) is 17.7 Å². The Balaban J connectivity index is 1.64. The highest BCUT2D eigenvalue weighted by molar-refractivity contribution is 6.62. The van der Waals surface area contributed by atoms with Crippen LogP contribution < -0.4 is 5.46 Å². The molecule has 0 aromatic carbocycles. The number of aromatic nitrogens is 1. The lowest BCUT2D eigenvalue weighted by Crippen LogP contribution is -2.44. The Morgan fingerprint density at radius 3 is 2.36 bits per heavy atom. The first-order valence-corrected chi connectivity index (χ1v) is 8.97. The summed E-state index contributed by atoms with van der Waals surface area (Å²) in [6.07, 6.45) is 3.60. The molecule has 0 radical (unpaired) electrons. The van der Waals surface area contributed by atoms with Crippen LogP contribution in [0.1, 0.15) is 33.3 Å². The normalized spacial score (nSPS) is 23.3. The minimum atomic E-state index is -0.392. The van der Waals surface area contributed by atoms with Gasteiger partial charge in [0, 0.05) is 49.6 Å². The van der Waals surface area contributed by atoms with Gasteiger partial charge in [0.15, 0.2) is 0 Å². The van der Waals surface area contributed by atoms with E-state index < -0.39 is 7.12 Å². The molecular weight excluding hydrogens is 313 g/mol. The van der Waals surface area contributed by atoms with Crippen molar-refractivity contribution in [1.29, 1.82) is 0 Å². The van der Waals surface area contributed by atoms with Gasteiger partial charge >= 0.3 is 7.12 Å². The summed E-state index contributed by atoms with van der Waals surface area (Å²) in [5.74, 6) is 6.50. The fourth-order valence-electron chi connectivity index (χ4n) is 2.89. The van der Waals surface area contributed by atoms with Crippen LogP contribution in [0.4, 0.5) is 0 Å². The monoisotopic (exact) mass is 341 g/mol. The number of pyridine rings is 1. The molecular formula is C19H28BN3O2. The molecule has 6 heteroatoms. The van der Waals surface area contributed by atoms with Crippen molar-refractivity contribution in [2.24, 2.45) is 0 Å². The van der Waals surface area contributed by atoms with Crippen molar-refractivity contribution < 1.29 is 9.31 Å². The third-order valence-corrected chi connectivity index (χ3v) is 5.42. The van der Waals surface area contributed by atoms with Crippen LogP contribution in [0.5, 0.6) is 0 Å². The number of hydrogen-bond acceptors (Lipinski definition) is 5. The maximum Gasteiger partial charge on any atom is 0.496 e. The number of piperazine rings is 1. The van der Waals surface area contributed by atoms with Crippen LogP contribution in [0.15, 0.2) is 18.5 Å². The average molecular weight is 341 g/mol. The minimum absolute atomic E-state index is 0.346. The largest absolute Gasteiger partial charge is 0.496 e. The molecule has 0 spiro atoms. The van der Waals surface area contributed by atoms with Gasteiger partial charge in [-0.15, -0.1) is 0 Å². The van der Waals surface area contributed by atoms with Crippen molar-refractivity contribution in [1.82, 2.24) is 14.8 Å². The third-order valence-electron chi connectivity index (χ3n) is 5.42. The number of likely N-dealkylation sites (N-methyl/N-ethyl adjacent to an activating group) is 1. The second kappa shape index (κ2) is 7.09. The lowest BCUT2D eigenvalue weighted by Gasteiger charge is -2.32. The van der Waals surface area contributed by atoms with Gasteiger partial charge in [0.1, 0.15) is 0 Å². The molecule has 3 heterocycles. The van der Waals surface area contributed by atoms with E-state index in [9.17, 15) is 0 Å². The Morgan fingerprint density at radius 1 is 1.08 bits per heavy atom. The predicted octanol–water partition coefficient (Wildman–Crippen LogP) is 0.980. The van der Waals surface area contributed by atoms with Crippen molar-refractivity contribution >= 4 is 12.6 Å².